The zero-order valence-corrected chi connectivity index (χ0v) is 17.5. The molecule has 0 heterocycles. The van der Waals surface area contributed by atoms with Crippen molar-refractivity contribution in [2.45, 2.75) is 94.2 Å². The molecule has 0 spiro atoms. The summed E-state index contributed by atoms with van der Waals surface area (Å²) in [7, 11) is 0. The van der Waals surface area contributed by atoms with Gasteiger partial charge in [-0.25, -0.2) is 4.79 Å². The number of hydrogen-bond acceptors (Lipinski definition) is 5. The number of alkyl carbamates (subject to hydrolysis) is 1. The highest BCUT2D eigenvalue weighted by Gasteiger charge is 2.40. The minimum atomic E-state index is -1.14. The van der Waals surface area contributed by atoms with E-state index in [9.17, 15) is 14.4 Å². The second-order valence-corrected chi connectivity index (χ2v) is 9.87. The second-order valence-electron chi connectivity index (χ2n) is 9.87. The van der Waals surface area contributed by atoms with Crippen LogP contribution >= 0.6 is 0 Å². The van der Waals surface area contributed by atoms with Crippen LogP contribution in [-0.4, -0.2) is 35.6 Å². The Labute approximate surface area is 159 Å². The highest BCUT2D eigenvalue weighted by molar-refractivity contribution is 5.94. The van der Waals surface area contributed by atoms with E-state index in [2.05, 4.69) is 5.32 Å². The lowest BCUT2D eigenvalue weighted by atomic mass is 9.82. The molecule has 26 heavy (non-hydrogen) atoms. The molecule has 6 nitrogen and oxygen atoms in total. The summed E-state index contributed by atoms with van der Waals surface area (Å²) in [5.41, 5.74) is -2.92. The summed E-state index contributed by atoms with van der Waals surface area (Å²) >= 11 is 0. The summed E-state index contributed by atoms with van der Waals surface area (Å²) in [4.78, 5) is 36.8. The zero-order chi connectivity index (χ0) is 20.3. The molecule has 1 amide bonds. The Hall–Kier alpha value is -1.59. The predicted molar refractivity (Wildman–Crippen MR) is 104 cm³/mol. The van der Waals surface area contributed by atoms with Gasteiger partial charge in [-0.15, -0.1) is 0 Å². The molecule has 0 bridgehead atoms. The number of esters is 1. The molecule has 0 aromatic carbocycles. The largest absolute Gasteiger partial charge is 0.460 e. The Morgan fingerprint density at radius 2 is 1.31 bits per heavy atom. The molecule has 0 aromatic rings. The minimum absolute atomic E-state index is 0. The molecular weight excluding hydrogens is 334 g/mol. The molecule has 0 aromatic heterocycles. The average Bonchev–Trinajstić information content (AvgIpc) is 2.32. The third-order valence-electron chi connectivity index (χ3n) is 3.30. The SMILES string of the molecule is C.CC(C)(C)COC(=O)NC(C)(C)C(=O)CC(C)(C)C(=O)OC(C)(C)C. The van der Waals surface area contributed by atoms with Crippen LogP contribution in [0.1, 0.15) is 83.1 Å². The predicted octanol–water partition coefficient (Wildman–Crippen LogP) is 4.50. The van der Waals surface area contributed by atoms with E-state index in [0.29, 0.717) is 0 Å². The molecule has 1 N–H and O–H groups in total. The van der Waals surface area contributed by atoms with Crippen molar-refractivity contribution in [3.05, 3.63) is 0 Å². The summed E-state index contributed by atoms with van der Waals surface area (Å²) < 4.78 is 10.5. The van der Waals surface area contributed by atoms with Gasteiger partial charge in [0.1, 0.15) is 5.60 Å². The molecular formula is C20H39NO5. The first-order valence-corrected chi connectivity index (χ1v) is 8.57. The van der Waals surface area contributed by atoms with Crippen molar-refractivity contribution in [3.63, 3.8) is 0 Å². The Bertz CT molecular complexity index is 507. The number of hydrogen-bond donors (Lipinski definition) is 1. The lowest BCUT2D eigenvalue weighted by Gasteiger charge is -2.31. The molecule has 0 fully saturated rings. The smallest absolute Gasteiger partial charge is 0.407 e. The van der Waals surface area contributed by atoms with Gasteiger partial charge < -0.3 is 14.8 Å². The maximum Gasteiger partial charge on any atom is 0.407 e. The van der Waals surface area contributed by atoms with Crippen molar-refractivity contribution >= 4 is 17.8 Å². The third kappa shape index (κ3) is 10.4. The number of carbonyl (C=O) groups is 3. The molecule has 0 aliphatic heterocycles. The van der Waals surface area contributed by atoms with Gasteiger partial charge in [-0.3, -0.25) is 9.59 Å². The molecule has 0 radical (unpaired) electrons. The highest BCUT2D eigenvalue weighted by Crippen LogP contribution is 2.28. The molecule has 0 saturated heterocycles. The molecule has 154 valence electrons. The van der Waals surface area contributed by atoms with Gasteiger partial charge in [0.25, 0.3) is 0 Å². The van der Waals surface area contributed by atoms with Crippen molar-refractivity contribution < 1.29 is 23.9 Å². The maximum absolute atomic E-state index is 12.6. The molecule has 0 atom stereocenters. The van der Waals surface area contributed by atoms with Gasteiger partial charge in [0.05, 0.1) is 17.6 Å². The number of rotatable bonds is 6. The van der Waals surface area contributed by atoms with Gasteiger partial charge in [-0.1, -0.05) is 28.2 Å². The van der Waals surface area contributed by atoms with Crippen LogP contribution in [0.5, 0.6) is 0 Å². The number of carbonyl (C=O) groups excluding carboxylic acids is 3. The summed E-state index contributed by atoms with van der Waals surface area (Å²) in [6.07, 6.45) is -0.697. The Morgan fingerprint density at radius 3 is 1.69 bits per heavy atom. The fourth-order valence-electron chi connectivity index (χ4n) is 1.75. The Kier molecular flexibility index (Phi) is 9.09. The highest BCUT2D eigenvalue weighted by atomic mass is 16.6. The van der Waals surface area contributed by atoms with E-state index in [1.54, 1.807) is 48.5 Å². The zero-order valence-electron chi connectivity index (χ0n) is 17.5. The standard InChI is InChI=1S/C19H35NO5.CH4/c1-16(2,3)12-24-15(23)20-19(9,10)13(21)11-18(7,8)14(22)25-17(4,5)6;/h11-12H2,1-10H3,(H,20,23);1H4. The number of nitrogens with one attached hydrogen (secondary N) is 1. The van der Waals surface area contributed by atoms with Crippen LogP contribution in [0.3, 0.4) is 0 Å². The number of ketones is 1. The van der Waals surface area contributed by atoms with E-state index in [4.69, 9.17) is 9.47 Å². The van der Waals surface area contributed by atoms with Crippen LogP contribution in [-0.2, 0) is 19.1 Å². The van der Waals surface area contributed by atoms with E-state index < -0.39 is 28.6 Å². The van der Waals surface area contributed by atoms with E-state index in [1.165, 1.54) is 0 Å². The quantitative estimate of drug-likeness (QED) is 0.693. The fourth-order valence-corrected chi connectivity index (χ4v) is 1.75. The van der Waals surface area contributed by atoms with E-state index in [0.717, 1.165) is 0 Å². The van der Waals surface area contributed by atoms with Crippen LogP contribution in [0.25, 0.3) is 0 Å². The van der Waals surface area contributed by atoms with Crippen molar-refractivity contribution in [2.75, 3.05) is 6.61 Å². The van der Waals surface area contributed by atoms with E-state index in [1.807, 2.05) is 20.8 Å². The lowest BCUT2D eigenvalue weighted by molar-refractivity contribution is -0.167. The summed E-state index contributed by atoms with van der Waals surface area (Å²) in [6.45, 7) is 17.9. The topological polar surface area (TPSA) is 81.7 Å². The van der Waals surface area contributed by atoms with Crippen molar-refractivity contribution in [1.29, 1.82) is 0 Å². The van der Waals surface area contributed by atoms with Crippen molar-refractivity contribution in [1.82, 2.24) is 5.32 Å². The average molecular weight is 374 g/mol. The molecule has 0 saturated carbocycles. The summed E-state index contributed by atoms with van der Waals surface area (Å²) in [5.74, 6) is -0.712. The van der Waals surface area contributed by atoms with Crippen molar-refractivity contribution in [3.8, 4) is 0 Å². The number of amides is 1. The van der Waals surface area contributed by atoms with Crippen LogP contribution in [0.4, 0.5) is 4.79 Å². The molecule has 0 aliphatic rings. The van der Waals surface area contributed by atoms with E-state index >= 15 is 0 Å². The monoisotopic (exact) mass is 373 g/mol. The van der Waals surface area contributed by atoms with Crippen LogP contribution in [0.2, 0.25) is 0 Å². The number of ether oxygens (including phenoxy) is 2. The molecule has 0 aliphatic carbocycles. The third-order valence-corrected chi connectivity index (χ3v) is 3.30. The Balaban J connectivity index is 0. The van der Waals surface area contributed by atoms with Crippen LogP contribution in [0, 0.1) is 10.8 Å². The van der Waals surface area contributed by atoms with Gasteiger partial charge in [0, 0.05) is 6.42 Å². The minimum Gasteiger partial charge on any atom is -0.460 e. The number of Topliss-reactive ketones (excluding diaryl/α,β-unsaturated/α-hetero) is 1. The second kappa shape index (κ2) is 8.87. The first-order valence-electron chi connectivity index (χ1n) is 8.57. The lowest BCUT2D eigenvalue weighted by Crippen LogP contribution is -2.52. The van der Waals surface area contributed by atoms with Gasteiger partial charge in [0.2, 0.25) is 0 Å². The maximum atomic E-state index is 12.6. The van der Waals surface area contributed by atoms with Gasteiger partial charge in [-0.05, 0) is 53.9 Å². The van der Waals surface area contributed by atoms with E-state index in [-0.39, 0.29) is 31.7 Å². The summed E-state index contributed by atoms with van der Waals surface area (Å²) in [5, 5.41) is 2.58. The molecule has 6 heteroatoms. The van der Waals surface area contributed by atoms with Gasteiger partial charge in [-0.2, -0.15) is 0 Å². The fraction of sp³-hybridized carbons (Fsp3) is 0.850. The first kappa shape index (κ1) is 26.6. The Morgan fingerprint density at radius 1 is 0.846 bits per heavy atom. The normalized spacial score (nSPS) is 12.7. The first-order chi connectivity index (χ1) is 10.9. The van der Waals surface area contributed by atoms with Crippen LogP contribution in [0.15, 0.2) is 0 Å². The van der Waals surface area contributed by atoms with Crippen molar-refractivity contribution in [2.24, 2.45) is 10.8 Å². The van der Waals surface area contributed by atoms with Gasteiger partial charge in [0.15, 0.2) is 5.78 Å². The molecule has 0 unspecified atom stereocenters. The molecule has 0 rings (SSSR count). The van der Waals surface area contributed by atoms with Gasteiger partial charge >= 0.3 is 12.1 Å². The van der Waals surface area contributed by atoms with Crippen LogP contribution < -0.4 is 5.32 Å². The summed E-state index contributed by atoms with van der Waals surface area (Å²) in [6, 6.07) is 0.